The Bertz CT molecular complexity index is 687. The van der Waals surface area contributed by atoms with Crippen LogP contribution in [0, 0.1) is 0 Å². The molecular weight excluding hydrogens is 280 g/mol. The quantitative estimate of drug-likeness (QED) is 0.448. The van der Waals surface area contributed by atoms with E-state index in [0.29, 0.717) is 11.0 Å². The molecule has 1 amide bonds. The number of nitrogens with one attached hydrogen (secondary N) is 1. The number of aromatic amines is 1. The average Bonchev–Trinajstić information content (AvgIpc) is 3.01. The zero-order valence-corrected chi connectivity index (χ0v) is 10.8. The number of carbonyl (C=O) groups excluding carboxylic acids is 1. The lowest BCUT2D eigenvalue weighted by Gasteiger charge is -2.12. The van der Waals surface area contributed by atoms with Gasteiger partial charge in [-0.05, 0) is 0 Å². The van der Waals surface area contributed by atoms with Gasteiger partial charge in [-0.2, -0.15) is 0 Å². The van der Waals surface area contributed by atoms with Crippen LogP contribution >= 0.6 is 0 Å². The van der Waals surface area contributed by atoms with Gasteiger partial charge in [0.15, 0.2) is 5.82 Å². The van der Waals surface area contributed by atoms with Crippen LogP contribution in [-0.2, 0) is 4.74 Å². The number of primary amides is 1. The van der Waals surface area contributed by atoms with Crippen LogP contribution in [-0.4, -0.2) is 61.1 Å². The van der Waals surface area contributed by atoms with Gasteiger partial charge < -0.3 is 30.8 Å². The Kier molecular flexibility index (Phi) is 3.33. The number of nitrogens with two attached hydrogens (primary N) is 1. The highest BCUT2D eigenvalue weighted by molar-refractivity contribution is 6.04. The van der Waals surface area contributed by atoms with Gasteiger partial charge in [0.05, 0.1) is 12.2 Å². The van der Waals surface area contributed by atoms with Crippen LogP contribution in [0.25, 0.3) is 11.0 Å². The predicted octanol–water partition coefficient (Wildman–Crippen LogP) is -1.79. The zero-order valence-electron chi connectivity index (χ0n) is 10.8. The van der Waals surface area contributed by atoms with Crippen molar-refractivity contribution in [1.29, 1.82) is 0 Å². The van der Waals surface area contributed by atoms with E-state index < -0.39 is 36.9 Å². The molecule has 3 rings (SSSR count). The standard InChI is InChI=1S/C12H14N4O5/c13-10(20)4-1-14-11-5(4)2-15-12(16-11)9-8(19)7(18)6(3-17)21-9/h1-2,6-9,17-19H,3H2,(H2,13,20)(H,14,15,16)/t6-,7-,8-,9?/m1/s1. The first-order valence-electron chi connectivity index (χ1n) is 6.29. The number of aliphatic hydroxyl groups excluding tert-OH is 3. The molecule has 1 saturated heterocycles. The molecule has 0 radical (unpaired) electrons. The normalized spacial score (nSPS) is 29.1. The van der Waals surface area contributed by atoms with Crippen molar-refractivity contribution in [2.45, 2.75) is 24.4 Å². The number of ether oxygens (including phenoxy) is 1. The van der Waals surface area contributed by atoms with Crippen molar-refractivity contribution in [3.05, 3.63) is 23.8 Å². The average molecular weight is 294 g/mol. The smallest absolute Gasteiger partial charge is 0.250 e. The maximum absolute atomic E-state index is 11.2. The lowest BCUT2D eigenvalue weighted by molar-refractivity contribution is -0.0252. The van der Waals surface area contributed by atoms with E-state index in [2.05, 4.69) is 15.0 Å². The number of amides is 1. The Morgan fingerprint density at radius 1 is 1.43 bits per heavy atom. The Balaban J connectivity index is 1.97. The van der Waals surface area contributed by atoms with Crippen LogP contribution in [0.1, 0.15) is 22.3 Å². The largest absolute Gasteiger partial charge is 0.394 e. The Morgan fingerprint density at radius 2 is 2.19 bits per heavy atom. The summed E-state index contributed by atoms with van der Waals surface area (Å²) in [7, 11) is 0. The SMILES string of the molecule is NC(=O)c1c[nH]c2nc(C3O[C@H](CO)[C@@H](O)[C@H]3O)ncc12. The van der Waals surface area contributed by atoms with E-state index in [1.165, 1.54) is 12.4 Å². The maximum Gasteiger partial charge on any atom is 0.250 e. The van der Waals surface area contributed by atoms with E-state index in [4.69, 9.17) is 15.6 Å². The molecule has 2 aromatic heterocycles. The molecule has 0 saturated carbocycles. The number of aliphatic hydroxyl groups is 3. The number of rotatable bonds is 3. The molecule has 2 aromatic rings. The second kappa shape index (κ2) is 5.04. The minimum absolute atomic E-state index is 0.142. The molecule has 0 bridgehead atoms. The highest BCUT2D eigenvalue weighted by Crippen LogP contribution is 2.32. The van der Waals surface area contributed by atoms with Gasteiger partial charge in [0, 0.05) is 17.8 Å². The molecule has 21 heavy (non-hydrogen) atoms. The summed E-state index contributed by atoms with van der Waals surface area (Å²) in [5.41, 5.74) is 5.85. The fourth-order valence-electron chi connectivity index (χ4n) is 2.37. The first-order valence-corrected chi connectivity index (χ1v) is 6.29. The third-order valence-electron chi connectivity index (χ3n) is 3.51. The Labute approximate surface area is 118 Å². The van der Waals surface area contributed by atoms with E-state index in [1.807, 2.05) is 0 Å². The summed E-state index contributed by atoms with van der Waals surface area (Å²) >= 11 is 0. The highest BCUT2D eigenvalue weighted by atomic mass is 16.6. The van der Waals surface area contributed by atoms with Crippen LogP contribution in [0.4, 0.5) is 0 Å². The minimum Gasteiger partial charge on any atom is -0.394 e. The Hall–Kier alpha value is -2.07. The molecule has 0 aromatic carbocycles. The van der Waals surface area contributed by atoms with E-state index in [0.717, 1.165) is 0 Å². The molecule has 1 aliphatic rings. The molecule has 1 unspecified atom stereocenters. The molecule has 1 aliphatic heterocycles. The number of hydrogen-bond acceptors (Lipinski definition) is 7. The molecule has 4 atom stereocenters. The fraction of sp³-hybridized carbons (Fsp3) is 0.417. The third-order valence-corrected chi connectivity index (χ3v) is 3.51. The van der Waals surface area contributed by atoms with Gasteiger partial charge in [0.2, 0.25) is 0 Å². The second-order valence-corrected chi connectivity index (χ2v) is 4.82. The lowest BCUT2D eigenvalue weighted by atomic mass is 10.1. The van der Waals surface area contributed by atoms with Crippen molar-refractivity contribution >= 4 is 16.9 Å². The first-order chi connectivity index (χ1) is 10.0. The molecule has 6 N–H and O–H groups in total. The predicted molar refractivity (Wildman–Crippen MR) is 69.1 cm³/mol. The molecule has 112 valence electrons. The van der Waals surface area contributed by atoms with Crippen LogP contribution in [0.3, 0.4) is 0 Å². The number of aromatic nitrogens is 3. The second-order valence-electron chi connectivity index (χ2n) is 4.82. The van der Waals surface area contributed by atoms with Crippen molar-refractivity contribution in [1.82, 2.24) is 15.0 Å². The molecule has 1 fully saturated rings. The van der Waals surface area contributed by atoms with Gasteiger partial charge in [0.1, 0.15) is 30.1 Å². The lowest BCUT2D eigenvalue weighted by Crippen LogP contribution is -2.32. The van der Waals surface area contributed by atoms with E-state index in [9.17, 15) is 15.0 Å². The number of nitrogens with zero attached hydrogens (tertiary/aromatic N) is 2. The molecule has 9 heteroatoms. The summed E-state index contributed by atoms with van der Waals surface area (Å²) in [6.07, 6.45) is -1.50. The molecule has 3 heterocycles. The molecule has 0 spiro atoms. The van der Waals surface area contributed by atoms with E-state index >= 15 is 0 Å². The molecule has 0 aliphatic carbocycles. The summed E-state index contributed by atoms with van der Waals surface area (Å²) in [6, 6.07) is 0. The summed E-state index contributed by atoms with van der Waals surface area (Å²) in [5, 5.41) is 29.2. The fourth-order valence-corrected chi connectivity index (χ4v) is 2.37. The third kappa shape index (κ3) is 2.16. The molecule has 9 nitrogen and oxygen atoms in total. The van der Waals surface area contributed by atoms with Crippen molar-refractivity contribution in [2.75, 3.05) is 6.61 Å². The highest BCUT2D eigenvalue weighted by Gasteiger charge is 2.44. The zero-order chi connectivity index (χ0) is 15.1. The van der Waals surface area contributed by atoms with Crippen LogP contribution < -0.4 is 5.73 Å². The van der Waals surface area contributed by atoms with E-state index in [1.54, 1.807) is 0 Å². The summed E-state index contributed by atoms with van der Waals surface area (Å²) in [5.74, 6) is -0.464. The van der Waals surface area contributed by atoms with Gasteiger partial charge in [0.25, 0.3) is 5.91 Å². The first kappa shape index (κ1) is 13.9. The van der Waals surface area contributed by atoms with Crippen LogP contribution in [0.15, 0.2) is 12.4 Å². The summed E-state index contributed by atoms with van der Waals surface area (Å²) < 4.78 is 5.34. The van der Waals surface area contributed by atoms with Crippen molar-refractivity contribution in [3.8, 4) is 0 Å². The van der Waals surface area contributed by atoms with Gasteiger partial charge in [-0.15, -0.1) is 0 Å². The number of fused-ring (bicyclic) bond motifs is 1. The van der Waals surface area contributed by atoms with Crippen molar-refractivity contribution < 1.29 is 24.9 Å². The summed E-state index contributed by atoms with van der Waals surface area (Å²) in [6.45, 7) is -0.425. The van der Waals surface area contributed by atoms with Crippen LogP contribution in [0.5, 0.6) is 0 Å². The number of H-pyrrole nitrogens is 1. The monoisotopic (exact) mass is 294 g/mol. The minimum atomic E-state index is -1.25. The Morgan fingerprint density at radius 3 is 2.81 bits per heavy atom. The molecular formula is C12H14N4O5. The number of hydrogen-bond donors (Lipinski definition) is 5. The van der Waals surface area contributed by atoms with Gasteiger partial charge in [-0.3, -0.25) is 4.79 Å². The number of carbonyl (C=O) groups is 1. The van der Waals surface area contributed by atoms with Crippen molar-refractivity contribution in [2.24, 2.45) is 5.73 Å². The van der Waals surface area contributed by atoms with Crippen molar-refractivity contribution in [3.63, 3.8) is 0 Å². The topological polar surface area (TPSA) is 155 Å². The summed E-state index contributed by atoms with van der Waals surface area (Å²) in [4.78, 5) is 22.2. The van der Waals surface area contributed by atoms with Gasteiger partial charge in [-0.25, -0.2) is 9.97 Å². The van der Waals surface area contributed by atoms with Gasteiger partial charge >= 0.3 is 0 Å². The van der Waals surface area contributed by atoms with Gasteiger partial charge in [-0.1, -0.05) is 0 Å². The van der Waals surface area contributed by atoms with E-state index in [-0.39, 0.29) is 11.4 Å². The maximum atomic E-state index is 11.2. The van der Waals surface area contributed by atoms with Crippen LogP contribution in [0.2, 0.25) is 0 Å².